The zero-order chi connectivity index (χ0) is 24.1. The van der Waals surface area contributed by atoms with E-state index in [1.807, 2.05) is 6.26 Å². The fourth-order valence-electron chi connectivity index (χ4n) is 5.38. The lowest BCUT2D eigenvalue weighted by molar-refractivity contribution is 0.171. The van der Waals surface area contributed by atoms with Crippen molar-refractivity contribution in [1.82, 2.24) is 25.5 Å². The van der Waals surface area contributed by atoms with Crippen molar-refractivity contribution in [2.45, 2.75) is 67.5 Å². The molecule has 182 valence electrons. The number of thioether (sulfide) groups is 1. The summed E-state index contributed by atoms with van der Waals surface area (Å²) in [5, 5.41) is 23.4. The molecule has 0 unspecified atom stereocenters. The van der Waals surface area contributed by atoms with E-state index in [2.05, 4.69) is 30.4 Å². The molecule has 7 nitrogen and oxygen atoms in total. The number of phenols is 1. The van der Waals surface area contributed by atoms with Crippen LogP contribution in [0.2, 0.25) is 0 Å². The number of piperidine rings is 1. The van der Waals surface area contributed by atoms with Gasteiger partial charge in [0.15, 0.2) is 11.6 Å². The van der Waals surface area contributed by atoms with E-state index in [0.29, 0.717) is 33.6 Å². The molecule has 1 aliphatic carbocycles. The summed E-state index contributed by atoms with van der Waals surface area (Å²) < 4.78 is 29.6. The number of nitrogens with zero attached hydrogens (tertiary/aromatic N) is 5. The van der Waals surface area contributed by atoms with Gasteiger partial charge in [-0.25, -0.2) is 18.7 Å². The van der Waals surface area contributed by atoms with Crippen LogP contribution in [0, 0.1) is 5.82 Å². The highest BCUT2D eigenvalue weighted by Crippen LogP contribution is 2.40. The first-order chi connectivity index (χ1) is 17.0. The average Bonchev–Trinajstić information content (AvgIpc) is 3.62. The fourth-order valence-corrected chi connectivity index (χ4v) is 5.77. The summed E-state index contributed by atoms with van der Waals surface area (Å²) in [6.45, 7) is 0. The van der Waals surface area contributed by atoms with Gasteiger partial charge in [0, 0.05) is 23.7 Å². The second-order valence-corrected chi connectivity index (χ2v) is 10.3. The van der Waals surface area contributed by atoms with E-state index < -0.39 is 12.0 Å². The predicted molar refractivity (Wildman–Crippen MR) is 131 cm³/mol. The van der Waals surface area contributed by atoms with Gasteiger partial charge >= 0.3 is 0 Å². The van der Waals surface area contributed by atoms with Crippen LogP contribution in [-0.4, -0.2) is 61.9 Å². The lowest BCUT2D eigenvalue weighted by Gasteiger charge is -2.40. The molecule has 3 fully saturated rings. The second-order valence-electron chi connectivity index (χ2n) is 9.51. The summed E-state index contributed by atoms with van der Waals surface area (Å²) in [6, 6.07) is 6.82. The van der Waals surface area contributed by atoms with Crippen LogP contribution >= 0.6 is 11.8 Å². The molecule has 2 N–H and O–H groups in total. The number of nitrogens with one attached hydrogen (secondary N) is 1. The van der Waals surface area contributed by atoms with E-state index in [9.17, 15) is 9.50 Å². The van der Waals surface area contributed by atoms with Crippen LogP contribution < -0.4 is 10.2 Å². The molecule has 2 aliphatic heterocycles. The number of rotatable bonds is 6. The van der Waals surface area contributed by atoms with Gasteiger partial charge in [-0.2, -0.15) is 0 Å². The third kappa shape index (κ3) is 4.23. The van der Waals surface area contributed by atoms with Crippen molar-refractivity contribution in [3.05, 3.63) is 42.5 Å². The summed E-state index contributed by atoms with van der Waals surface area (Å²) >= 11 is 1.41. The molecular formula is C25H26F2N6OS. The third-order valence-corrected chi connectivity index (χ3v) is 7.90. The quantitative estimate of drug-likeness (QED) is 0.487. The van der Waals surface area contributed by atoms with Gasteiger partial charge in [0.05, 0.1) is 29.0 Å². The van der Waals surface area contributed by atoms with Crippen LogP contribution in [0.4, 0.5) is 14.6 Å². The van der Waals surface area contributed by atoms with E-state index in [0.717, 1.165) is 32.1 Å². The second kappa shape index (κ2) is 8.98. The van der Waals surface area contributed by atoms with Crippen molar-refractivity contribution >= 4 is 17.6 Å². The normalized spacial score (nSPS) is 25.6. The number of halogens is 2. The lowest BCUT2D eigenvalue weighted by Crippen LogP contribution is -2.57. The zero-order valence-electron chi connectivity index (χ0n) is 19.2. The molecule has 1 aromatic carbocycles. The number of aromatic nitrogens is 4. The molecule has 0 spiro atoms. The van der Waals surface area contributed by atoms with Gasteiger partial charge in [-0.3, -0.25) is 0 Å². The number of phenolic OH excluding ortho intramolecular Hbond substituents is 1. The minimum Gasteiger partial charge on any atom is -0.507 e. The van der Waals surface area contributed by atoms with Gasteiger partial charge in [0.1, 0.15) is 17.7 Å². The maximum Gasteiger partial charge on any atom is 0.185 e. The van der Waals surface area contributed by atoms with E-state index in [-0.39, 0.29) is 29.7 Å². The highest BCUT2D eigenvalue weighted by Gasteiger charge is 2.48. The summed E-state index contributed by atoms with van der Waals surface area (Å²) in [5.41, 5.74) is 1.28. The van der Waals surface area contributed by atoms with Crippen LogP contribution in [0.5, 0.6) is 5.75 Å². The zero-order valence-corrected chi connectivity index (χ0v) is 20.1. The Morgan fingerprint density at radius 3 is 2.63 bits per heavy atom. The van der Waals surface area contributed by atoms with Gasteiger partial charge in [-0.05, 0) is 62.1 Å². The Morgan fingerprint density at radius 1 is 1.06 bits per heavy atom. The molecular weight excluding hydrogens is 470 g/mol. The summed E-state index contributed by atoms with van der Waals surface area (Å²) in [7, 11) is 0. The minimum atomic E-state index is -0.951. The first-order valence-corrected chi connectivity index (χ1v) is 13.2. The number of hydrogen-bond acceptors (Lipinski definition) is 8. The van der Waals surface area contributed by atoms with Crippen molar-refractivity contribution in [1.29, 1.82) is 0 Å². The molecule has 3 aliphatic rings. The van der Waals surface area contributed by atoms with Gasteiger partial charge in [0.25, 0.3) is 0 Å². The smallest absolute Gasteiger partial charge is 0.185 e. The van der Waals surface area contributed by atoms with E-state index in [1.54, 1.807) is 24.4 Å². The monoisotopic (exact) mass is 496 g/mol. The fraction of sp³-hybridized carbons (Fsp3) is 0.440. The molecule has 0 radical (unpaired) electrons. The van der Waals surface area contributed by atoms with Crippen molar-refractivity contribution in [2.24, 2.45) is 0 Å². The molecule has 1 saturated carbocycles. The molecule has 0 amide bonds. The number of pyridine rings is 1. The SMILES string of the molecule is CSc1cc(-c2ccc(-c3ncc(N(C4CC4)[C@H]4C[C@@H]5CC[C@@H](N5)[C@H]4F)nn3)c(O)c2)c(F)cn1. The van der Waals surface area contributed by atoms with Gasteiger partial charge < -0.3 is 15.3 Å². The molecule has 4 heterocycles. The molecule has 4 atom stereocenters. The Kier molecular flexibility index (Phi) is 5.80. The topological polar surface area (TPSA) is 87.1 Å². The van der Waals surface area contributed by atoms with Gasteiger partial charge in [0.2, 0.25) is 0 Å². The number of anilines is 1. The number of alkyl halides is 1. The summed E-state index contributed by atoms with van der Waals surface area (Å²) in [6.07, 6.45) is 8.39. The Balaban J connectivity index is 1.27. The number of benzene rings is 1. The number of fused-ring (bicyclic) bond motifs is 2. The maximum atomic E-state index is 15.3. The Labute approximate surface area is 206 Å². The summed E-state index contributed by atoms with van der Waals surface area (Å²) in [4.78, 5) is 10.6. The van der Waals surface area contributed by atoms with Gasteiger partial charge in [-0.15, -0.1) is 22.0 Å². The molecule has 10 heteroatoms. The maximum absolute atomic E-state index is 15.3. The van der Waals surface area contributed by atoms with E-state index in [1.165, 1.54) is 24.0 Å². The Bertz CT molecular complexity index is 1240. The highest BCUT2D eigenvalue weighted by molar-refractivity contribution is 7.98. The Hall–Kier alpha value is -2.85. The first kappa shape index (κ1) is 22.6. The van der Waals surface area contributed by atoms with Crippen LogP contribution in [0.3, 0.4) is 0 Å². The average molecular weight is 497 g/mol. The minimum absolute atomic E-state index is 0.0724. The standard InChI is InChI=1S/C25H26F2N6OS/c1-35-23-10-17(18(26)11-28-23)13-2-6-16(21(34)8-13)25-29-12-22(31-32-25)33(15-4-5-15)20-9-14-3-7-19(30-14)24(20)27/h2,6,8,10-12,14-15,19-20,24,30,34H,3-5,7,9H2,1H3/t14-,19+,20-,24+/m0/s1. The lowest BCUT2D eigenvalue weighted by atomic mass is 9.96. The highest BCUT2D eigenvalue weighted by atomic mass is 32.2. The third-order valence-electron chi connectivity index (χ3n) is 7.25. The molecule has 2 aromatic heterocycles. The van der Waals surface area contributed by atoms with E-state index in [4.69, 9.17) is 0 Å². The van der Waals surface area contributed by atoms with Crippen molar-refractivity contribution in [2.75, 3.05) is 11.2 Å². The number of aromatic hydroxyl groups is 1. The van der Waals surface area contributed by atoms with Gasteiger partial charge in [-0.1, -0.05) is 6.07 Å². The van der Waals surface area contributed by atoms with Crippen LogP contribution in [0.25, 0.3) is 22.5 Å². The van der Waals surface area contributed by atoms with Crippen LogP contribution in [0.15, 0.2) is 41.7 Å². The number of hydrogen-bond donors (Lipinski definition) is 2. The first-order valence-electron chi connectivity index (χ1n) is 11.9. The van der Waals surface area contributed by atoms with Crippen molar-refractivity contribution < 1.29 is 13.9 Å². The van der Waals surface area contributed by atoms with E-state index >= 15 is 4.39 Å². The molecule has 3 aromatic rings. The van der Waals surface area contributed by atoms with Crippen molar-refractivity contribution in [3.63, 3.8) is 0 Å². The molecule has 2 saturated heterocycles. The summed E-state index contributed by atoms with van der Waals surface area (Å²) in [5.74, 6) is 0.298. The van der Waals surface area contributed by atoms with Crippen LogP contribution in [-0.2, 0) is 0 Å². The molecule has 6 rings (SSSR count). The molecule has 2 bridgehead atoms. The van der Waals surface area contributed by atoms with Crippen LogP contribution in [0.1, 0.15) is 32.1 Å². The predicted octanol–water partition coefficient (Wildman–Crippen LogP) is 4.37. The largest absolute Gasteiger partial charge is 0.507 e. The Morgan fingerprint density at radius 2 is 1.91 bits per heavy atom. The molecule has 35 heavy (non-hydrogen) atoms. The van der Waals surface area contributed by atoms with Crippen molar-refractivity contribution in [3.8, 4) is 28.3 Å².